The van der Waals surface area contributed by atoms with Crippen molar-refractivity contribution < 1.29 is 4.92 Å². The summed E-state index contributed by atoms with van der Waals surface area (Å²) in [6.45, 7) is 5.63. The molecule has 0 amide bonds. The molecule has 1 aromatic carbocycles. The van der Waals surface area contributed by atoms with Crippen LogP contribution in [0.25, 0.3) is 0 Å². The van der Waals surface area contributed by atoms with Gasteiger partial charge in [-0.25, -0.2) is 0 Å². The molecule has 3 nitrogen and oxygen atoms in total. The molecule has 0 aliphatic rings. The molecule has 0 aliphatic heterocycles. The SMILES string of the molecule is [CH2]C(C)c1cccc(I)c1[N+](=O)[O-]. The third kappa shape index (κ3) is 2.18. The summed E-state index contributed by atoms with van der Waals surface area (Å²) in [4.78, 5) is 10.4. The van der Waals surface area contributed by atoms with E-state index in [1.54, 1.807) is 12.1 Å². The number of benzene rings is 1. The summed E-state index contributed by atoms with van der Waals surface area (Å²) in [6, 6.07) is 5.29. The van der Waals surface area contributed by atoms with Gasteiger partial charge in [0, 0.05) is 5.56 Å². The van der Waals surface area contributed by atoms with Gasteiger partial charge in [0.25, 0.3) is 5.69 Å². The Balaban J connectivity index is 3.34. The minimum Gasteiger partial charge on any atom is -0.258 e. The van der Waals surface area contributed by atoms with Gasteiger partial charge in [-0.2, -0.15) is 0 Å². The highest BCUT2D eigenvalue weighted by Gasteiger charge is 2.19. The second-order valence-corrected chi connectivity index (χ2v) is 4.00. The van der Waals surface area contributed by atoms with E-state index >= 15 is 0 Å². The molecule has 13 heavy (non-hydrogen) atoms. The fraction of sp³-hybridized carbons (Fsp3) is 0.222. The molecule has 1 atom stereocenters. The first-order valence-corrected chi connectivity index (χ1v) is 4.87. The van der Waals surface area contributed by atoms with Gasteiger partial charge in [-0.15, -0.1) is 0 Å². The van der Waals surface area contributed by atoms with Crippen LogP contribution in [0.2, 0.25) is 0 Å². The van der Waals surface area contributed by atoms with Crippen LogP contribution in [0.15, 0.2) is 18.2 Å². The van der Waals surface area contributed by atoms with Crippen LogP contribution in [0.1, 0.15) is 18.4 Å². The second-order valence-electron chi connectivity index (χ2n) is 2.84. The van der Waals surface area contributed by atoms with Crippen molar-refractivity contribution in [2.45, 2.75) is 12.8 Å². The van der Waals surface area contributed by atoms with Gasteiger partial charge in [-0.1, -0.05) is 19.1 Å². The molecular formula is C9H9INO2. The molecule has 69 valence electrons. The second kappa shape index (κ2) is 4.04. The predicted octanol–water partition coefficient (Wildman–Crippen LogP) is 3.14. The van der Waals surface area contributed by atoms with Gasteiger partial charge < -0.3 is 0 Å². The van der Waals surface area contributed by atoms with Crippen molar-refractivity contribution in [2.24, 2.45) is 0 Å². The Morgan fingerprint density at radius 2 is 2.23 bits per heavy atom. The molecule has 1 rings (SSSR count). The van der Waals surface area contributed by atoms with E-state index in [0.717, 1.165) is 0 Å². The van der Waals surface area contributed by atoms with Crippen molar-refractivity contribution in [3.8, 4) is 0 Å². The summed E-state index contributed by atoms with van der Waals surface area (Å²) in [6.07, 6.45) is 0. The van der Waals surface area contributed by atoms with Crippen molar-refractivity contribution in [2.75, 3.05) is 0 Å². The van der Waals surface area contributed by atoms with Crippen molar-refractivity contribution in [3.05, 3.63) is 44.4 Å². The standard InChI is InChI=1S/C9H9INO2/c1-6(2)7-4-3-5-8(10)9(7)11(12)13/h3-6H,1H2,2H3. The molecule has 4 heteroatoms. The normalized spacial score (nSPS) is 10.5. The molecular weight excluding hydrogens is 281 g/mol. The summed E-state index contributed by atoms with van der Waals surface area (Å²) < 4.78 is 0.663. The molecule has 0 aromatic heterocycles. The van der Waals surface area contributed by atoms with Gasteiger partial charge in [0.15, 0.2) is 0 Å². The Morgan fingerprint density at radius 1 is 1.62 bits per heavy atom. The molecule has 0 N–H and O–H groups in total. The number of nitrogens with zero attached hydrogens (tertiary/aromatic N) is 1. The molecule has 0 bridgehead atoms. The Labute approximate surface area is 90.4 Å². The smallest absolute Gasteiger partial charge is 0.258 e. The van der Waals surface area contributed by atoms with Gasteiger partial charge in [0.2, 0.25) is 0 Å². The first-order valence-electron chi connectivity index (χ1n) is 3.80. The van der Waals surface area contributed by atoms with Crippen LogP contribution >= 0.6 is 22.6 Å². The molecule has 1 radical (unpaired) electrons. The molecule has 1 aromatic rings. The average molecular weight is 290 g/mol. The lowest BCUT2D eigenvalue weighted by Crippen LogP contribution is -1.99. The maximum absolute atomic E-state index is 10.7. The van der Waals surface area contributed by atoms with E-state index in [0.29, 0.717) is 9.13 Å². The fourth-order valence-corrected chi connectivity index (χ4v) is 1.84. The zero-order valence-corrected chi connectivity index (χ0v) is 9.32. The fourth-order valence-electron chi connectivity index (χ4n) is 1.12. The number of rotatable bonds is 2. The maximum atomic E-state index is 10.7. The van der Waals surface area contributed by atoms with E-state index in [1.165, 1.54) is 0 Å². The molecule has 0 heterocycles. The van der Waals surface area contributed by atoms with Crippen LogP contribution in [0.3, 0.4) is 0 Å². The summed E-state index contributed by atoms with van der Waals surface area (Å²) in [5.74, 6) is -0.0601. The first kappa shape index (κ1) is 10.4. The van der Waals surface area contributed by atoms with E-state index in [2.05, 4.69) is 6.92 Å². The molecule has 0 saturated carbocycles. The van der Waals surface area contributed by atoms with E-state index in [-0.39, 0.29) is 16.5 Å². The number of hydrogen-bond donors (Lipinski definition) is 0. The highest BCUT2D eigenvalue weighted by atomic mass is 127. The summed E-state index contributed by atoms with van der Waals surface area (Å²) in [7, 11) is 0. The van der Waals surface area contributed by atoms with Crippen LogP contribution in [-0.4, -0.2) is 4.92 Å². The number of nitro benzene ring substituents is 1. The number of nitro groups is 1. The van der Waals surface area contributed by atoms with Crippen LogP contribution in [0.5, 0.6) is 0 Å². The van der Waals surface area contributed by atoms with Crippen LogP contribution in [0.4, 0.5) is 5.69 Å². The zero-order chi connectivity index (χ0) is 10.0. The third-order valence-corrected chi connectivity index (χ3v) is 2.60. The van der Waals surface area contributed by atoms with Crippen LogP contribution in [-0.2, 0) is 0 Å². The lowest BCUT2D eigenvalue weighted by atomic mass is 10.0. The predicted molar refractivity (Wildman–Crippen MR) is 59.6 cm³/mol. The molecule has 0 aliphatic carbocycles. The summed E-state index contributed by atoms with van der Waals surface area (Å²) in [5, 5.41) is 10.7. The van der Waals surface area contributed by atoms with Gasteiger partial charge in [-0.3, -0.25) is 10.1 Å². The van der Waals surface area contributed by atoms with Crippen molar-refractivity contribution >= 4 is 28.3 Å². The first-order chi connectivity index (χ1) is 6.04. The Hall–Kier alpha value is -0.650. The van der Waals surface area contributed by atoms with Crippen molar-refractivity contribution in [1.82, 2.24) is 0 Å². The average Bonchev–Trinajstić information content (AvgIpc) is 2.02. The Morgan fingerprint density at radius 3 is 2.62 bits per heavy atom. The lowest BCUT2D eigenvalue weighted by Gasteiger charge is -2.06. The van der Waals surface area contributed by atoms with E-state index in [4.69, 9.17) is 0 Å². The Kier molecular flexibility index (Phi) is 3.24. The van der Waals surface area contributed by atoms with Crippen LogP contribution in [0, 0.1) is 20.6 Å². The quantitative estimate of drug-likeness (QED) is 0.477. The van der Waals surface area contributed by atoms with Gasteiger partial charge in [0.1, 0.15) is 0 Å². The van der Waals surface area contributed by atoms with Crippen LogP contribution < -0.4 is 0 Å². The minimum atomic E-state index is -0.348. The van der Waals surface area contributed by atoms with E-state index in [9.17, 15) is 10.1 Å². The minimum absolute atomic E-state index is 0.0601. The monoisotopic (exact) mass is 290 g/mol. The van der Waals surface area contributed by atoms with E-state index < -0.39 is 0 Å². The summed E-state index contributed by atoms with van der Waals surface area (Å²) >= 11 is 1.97. The van der Waals surface area contributed by atoms with Gasteiger partial charge in [-0.05, 0) is 41.5 Å². The van der Waals surface area contributed by atoms with E-state index in [1.807, 2.05) is 35.6 Å². The van der Waals surface area contributed by atoms with Crippen molar-refractivity contribution in [3.63, 3.8) is 0 Å². The zero-order valence-electron chi connectivity index (χ0n) is 7.16. The van der Waals surface area contributed by atoms with Gasteiger partial charge in [0.05, 0.1) is 8.49 Å². The lowest BCUT2D eigenvalue weighted by molar-refractivity contribution is -0.386. The Bertz CT molecular complexity index is 336. The third-order valence-electron chi connectivity index (χ3n) is 1.73. The molecule has 0 saturated heterocycles. The summed E-state index contributed by atoms with van der Waals surface area (Å²) in [5.41, 5.74) is 0.877. The number of para-hydroxylation sites is 1. The van der Waals surface area contributed by atoms with Gasteiger partial charge >= 0.3 is 0 Å². The number of hydrogen-bond acceptors (Lipinski definition) is 2. The largest absolute Gasteiger partial charge is 0.286 e. The van der Waals surface area contributed by atoms with Crippen molar-refractivity contribution in [1.29, 1.82) is 0 Å². The molecule has 0 fully saturated rings. The topological polar surface area (TPSA) is 43.1 Å². The number of halogens is 1. The molecule has 1 unspecified atom stereocenters. The highest BCUT2D eigenvalue weighted by Crippen LogP contribution is 2.30. The molecule has 0 spiro atoms. The highest BCUT2D eigenvalue weighted by molar-refractivity contribution is 14.1. The maximum Gasteiger partial charge on any atom is 0.286 e.